The van der Waals surface area contributed by atoms with Gasteiger partial charge in [0, 0.05) is 42.2 Å². The molecule has 0 bridgehead atoms. The topological polar surface area (TPSA) is 108 Å². The van der Waals surface area contributed by atoms with E-state index in [1.165, 1.54) is 0 Å². The number of primary amides is 1. The number of carbonyl (C=O) groups is 2. The highest BCUT2D eigenvalue weighted by Gasteiger charge is 2.27. The third-order valence-electron chi connectivity index (χ3n) is 7.00. The number of ether oxygens (including phenoxy) is 2. The zero-order valence-corrected chi connectivity index (χ0v) is 20.7. The van der Waals surface area contributed by atoms with E-state index in [9.17, 15) is 9.59 Å². The third-order valence-corrected chi connectivity index (χ3v) is 7.00. The first-order valence-corrected chi connectivity index (χ1v) is 12.5. The van der Waals surface area contributed by atoms with E-state index in [2.05, 4.69) is 9.97 Å². The van der Waals surface area contributed by atoms with E-state index >= 15 is 0 Å². The molecular formula is C30H26N4O4. The summed E-state index contributed by atoms with van der Waals surface area (Å²) >= 11 is 0. The van der Waals surface area contributed by atoms with Crippen molar-refractivity contribution in [3.63, 3.8) is 0 Å². The van der Waals surface area contributed by atoms with E-state index in [1.54, 1.807) is 18.5 Å². The van der Waals surface area contributed by atoms with Crippen molar-refractivity contribution in [1.29, 1.82) is 0 Å². The molecule has 190 valence electrons. The van der Waals surface area contributed by atoms with Crippen molar-refractivity contribution in [3.05, 3.63) is 101 Å². The number of amides is 2. The Hall–Kier alpha value is -4.56. The van der Waals surface area contributed by atoms with Crippen molar-refractivity contribution < 1.29 is 19.1 Å². The Morgan fingerprint density at radius 1 is 0.921 bits per heavy atom. The molecule has 1 aromatic heterocycles. The lowest BCUT2D eigenvalue weighted by atomic mass is 9.95. The largest absolute Gasteiger partial charge is 0.459 e. The first-order valence-electron chi connectivity index (χ1n) is 12.5. The average Bonchev–Trinajstić information content (AvgIpc) is 3.34. The van der Waals surface area contributed by atoms with Gasteiger partial charge in [0.2, 0.25) is 5.91 Å². The molecule has 0 radical (unpaired) electrons. The molecule has 1 aliphatic heterocycles. The summed E-state index contributed by atoms with van der Waals surface area (Å²) in [7, 11) is 0. The van der Waals surface area contributed by atoms with Crippen molar-refractivity contribution in [2.75, 3.05) is 26.3 Å². The van der Waals surface area contributed by atoms with Crippen molar-refractivity contribution in [1.82, 2.24) is 14.9 Å². The van der Waals surface area contributed by atoms with Crippen LogP contribution in [0, 0.1) is 0 Å². The van der Waals surface area contributed by atoms with Gasteiger partial charge >= 0.3 is 6.01 Å². The maximum atomic E-state index is 13.0. The normalized spacial score (nSPS) is 14.1. The second kappa shape index (κ2) is 10.1. The van der Waals surface area contributed by atoms with E-state index in [-0.39, 0.29) is 11.9 Å². The van der Waals surface area contributed by atoms with Gasteiger partial charge in [0.25, 0.3) is 5.91 Å². The van der Waals surface area contributed by atoms with Crippen LogP contribution in [0.2, 0.25) is 0 Å². The number of rotatable bonds is 6. The first-order chi connectivity index (χ1) is 18.6. The molecule has 2 heterocycles. The smallest absolute Gasteiger partial charge is 0.316 e. The molecule has 8 heteroatoms. The SMILES string of the molecule is NC(=O)c1cc(-c2cnc(OCc3ccccc3)nc2)cc2c1Cc1cc(C(=O)N3CCOCC3)ccc1-2. The fraction of sp³-hybridized carbons (Fsp3) is 0.200. The van der Waals surface area contributed by atoms with Gasteiger partial charge in [-0.15, -0.1) is 0 Å². The fourth-order valence-corrected chi connectivity index (χ4v) is 5.03. The Balaban J connectivity index is 1.28. The van der Waals surface area contributed by atoms with Crippen LogP contribution < -0.4 is 10.5 Å². The maximum Gasteiger partial charge on any atom is 0.316 e. The summed E-state index contributed by atoms with van der Waals surface area (Å²) in [5, 5.41) is 0. The Bertz CT molecular complexity index is 1510. The predicted molar refractivity (Wildman–Crippen MR) is 142 cm³/mol. The number of nitrogens with two attached hydrogens (primary N) is 1. The molecule has 0 saturated carbocycles. The molecule has 4 aromatic rings. The minimum Gasteiger partial charge on any atom is -0.459 e. The van der Waals surface area contributed by atoms with E-state index in [1.807, 2.05) is 59.5 Å². The molecule has 6 rings (SSSR count). The summed E-state index contributed by atoms with van der Waals surface area (Å²) in [6.45, 7) is 2.65. The highest BCUT2D eigenvalue weighted by molar-refractivity contribution is 6.01. The van der Waals surface area contributed by atoms with Crippen LogP contribution in [0.4, 0.5) is 0 Å². The monoisotopic (exact) mass is 506 g/mol. The number of benzene rings is 3. The number of hydrogen-bond acceptors (Lipinski definition) is 6. The zero-order chi connectivity index (χ0) is 26.1. The number of hydrogen-bond donors (Lipinski definition) is 1. The van der Waals surface area contributed by atoms with Crippen molar-refractivity contribution in [2.45, 2.75) is 13.0 Å². The van der Waals surface area contributed by atoms with Gasteiger partial charge in [-0.1, -0.05) is 36.4 Å². The molecule has 1 aliphatic carbocycles. The molecule has 0 atom stereocenters. The molecule has 2 N–H and O–H groups in total. The molecule has 0 unspecified atom stereocenters. The minimum atomic E-state index is -0.496. The van der Waals surface area contributed by atoms with Gasteiger partial charge in [-0.3, -0.25) is 9.59 Å². The third kappa shape index (κ3) is 4.62. The zero-order valence-electron chi connectivity index (χ0n) is 20.7. The van der Waals surface area contributed by atoms with E-state index < -0.39 is 5.91 Å². The number of nitrogens with zero attached hydrogens (tertiary/aromatic N) is 3. The second-order valence-corrected chi connectivity index (χ2v) is 9.40. The van der Waals surface area contributed by atoms with Crippen LogP contribution in [0.1, 0.15) is 37.4 Å². The van der Waals surface area contributed by atoms with E-state index in [0.717, 1.165) is 38.9 Å². The molecule has 2 amide bonds. The number of morpholine rings is 1. The average molecular weight is 507 g/mol. The number of fused-ring (bicyclic) bond motifs is 3. The second-order valence-electron chi connectivity index (χ2n) is 9.40. The molecule has 1 saturated heterocycles. The van der Waals surface area contributed by atoms with Crippen LogP contribution >= 0.6 is 0 Å². The van der Waals surface area contributed by atoms with Gasteiger partial charge in [0.05, 0.1) is 13.2 Å². The van der Waals surface area contributed by atoms with Crippen LogP contribution in [0.15, 0.2) is 73.1 Å². The predicted octanol–water partition coefficient (Wildman–Crippen LogP) is 3.87. The molecule has 1 fully saturated rings. The van der Waals surface area contributed by atoms with Crippen LogP contribution in [-0.2, 0) is 17.8 Å². The van der Waals surface area contributed by atoms with Crippen LogP contribution in [0.5, 0.6) is 6.01 Å². The number of aromatic nitrogens is 2. The van der Waals surface area contributed by atoms with Crippen LogP contribution in [0.25, 0.3) is 22.3 Å². The Kier molecular flexibility index (Phi) is 6.31. The number of carbonyl (C=O) groups excluding carboxylic acids is 2. The van der Waals surface area contributed by atoms with Crippen molar-refractivity contribution in [3.8, 4) is 28.3 Å². The van der Waals surface area contributed by atoms with Gasteiger partial charge < -0.3 is 20.1 Å². The van der Waals surface area contributed by atoms with Crippen molar-refractivity contribution in [2.24, 2.45) is 5.73 Å². The lowest BCUT2D eigenvalue weighted by Crippen LogP contribution is -2.40. The lowest BCUT2D eigenvalue weighted by molar-refractivity contribution is 0.0303. The Morgan fingerprint density at radius 3 is 2.42 bits per heavy atom. The molecule has 38 heavy (non-hydrogen) atoms. The van der Waals surface area contributed by atoms with Crippen LogP contribution in [0.3, 0.4) is 0 Å². The summed E-state index contributed by atoms with van der Waals surface area (Å²) < 4.78 is 11.1. The Morgan fingerprint density at radius 2 is 1.68 bits per heavy atom. The summed E-state index contributed by atoms with van der Waals surface area (Å²) in [4.78, 5) is 36.0. The molecule has 8 nitrogen and oxygen atoms in total. The maximum absolute atomic E-state index is 13.0. The van der Waals surface area contributed by atoms with E-state index in [4.69, 9.17) is 15.2 Å². The Labute approximate surface area is 220 Å². The fourth-order valence-electron chi connectivity index (χ4n) is 5.03. The molecule has 0 spiro atoms. The first kappa shape index (κ1) is 23.8. The van der Waals surface area contributed by atoms with Gasteiger partial charge in [0.15, 0.2) is 0 Å². The van der Waals surface area contributed by atoms with Gasteiger partial charge in [-0.25, -0.2) is 9.97 Å². The molecule has 3 aromatic carbocycles. The molecule has 2 aliphatic rings. The minimum absolute atomic E-state index is 0.00501. The summed E-state index contributed by atoms with van der Waals surface area (Å²) in [5.41, 5.74) is 13.2. The summed E-state index contributed by atoms with van der Waals surface area (Å²) in [6.07, 6.45) is 3.90. The van der Waals surface area contributed by atoms with Gasteiger partial charge in [-0.2, -0.15) is 0 Å². The highest BCUT2D eigenvalue weighted by atomic mass is 16.5. The standard InChI is InChI=1S/C30H26N4O4/c31-28(35)27-14-21(23-16-32-30(33-17-23)38-18-19-4-2-1-3-5-19)13-25-24-7-6-20(12-22(24)15-26(25)27)29(36)34-8-10-37-11-9-34/h1-7,12-14,16-17H,8-11,15,18H2,(H2,31,35). The van der Waals surface area contributed by atoms with Crippen molar-refractivity contribution >= 4 is 11.8 Å². The molecular weight excluding hydrogens is 480 g/mol. The summed E-state index contributed by atoms with van der Waals surface area (Å²) in [6, 6.07) is 19.6. The van der Waals surface area contributed by atoms with Crippen LogP contribution in [-0.4, -0.2) is 53.0 Å². The van der Waals surface area contributed by atoms with Gasteiger partial charge in [-0.05, 0) is 64.1 Å². The lowest BCUT2D eigenvalue weighted by Gasteiger charge is -2.27. The quantitative estimate of drug-likeness (QED) is 0.375. The van der Waals surface area contributed by atoms with E-state index in [0.29, 0.717) is 50.5 Å². The van der Waals surface area contributed by atoms with Gasteiger partial charge in [0.1, 0.15) is 6.61 Å². The summed E-state index contributed by atoms with van der Waals surface area (Å²) in [5.74, 6) is -0.501. The highest BCUT2D eigenvalue weighted by Crippen LogP contribution is 2.41.